The average molecular weight is 554 g/mol. The third kappa shape index (κ3) is 5.22. The van der Waals surface area contributed by atoms with Crippen LogP contribution in [0.2, 0.25) is 0 Å². The van der Waals surface area contributed by atoms with Gasteiger partial charge < -0.3 is 19.6 Å². The van der Waals surface area contributed by atoms with Gasteiger partial charge in [-0.15, -0.1) is 0 Å². The molecule has 4 rings (SSSR count). The molecule has 2 N–H and O–H groups in total. The number of hydrogen-bond acceptors (Lipinski definition) is 8. The number of nitrogens with zero attached hydrogens (tertiary/aromatic N) is 2. The quantitative estimate of drug-likeness (QED) is 0.281. The van der Waals surface area contributed by atoms with E-state index >= 15 is 0 Å². The molecule has 3 aromatic heterocycles. The lowest BCUT2D eigenvalue weighted by atomic mass is 9.98. The first-order chi connectivity index (χ1) is 18.6. The molecule has 0 saturated carbocycles. The molecule has 0 aliphatic heterocycles. The Balaban J connectivity index is 1.92. The van der Waals surface area contributed by atoms with Crippen LogP contribution in [0.25, 0.3) is 22.3 Å². The van der Waals surface area contributed by atoms with Gasteiger partial charge in [-0.1, -0.05) is 19.4 Å². The molecule has 0 saturated heterocycles. The molecular formula is C28H28FN3O6S. The van der Waals surface area contributed by atoms with Crippen molar-refractivity contribution in [3.05, 3.63) is 76.4 Å². The molecule has 0 fully saturated rings. The molecule has 0 atom stereocenters. The Hall–Kier alpha value is -4.25. The number of benzene rings is 1. The smallest absolute Gasteiger partial charge is 0.271 e. The van der Waals surface area contributed by atoms with Crippen LogP contribution in [0.15, 0.2) is 63.4 Å². The maximum Gasteiger partial charge on any atom is 0.271 e. The molecule has 0 amide bonds. The predicted octanol–water partition coefficient (Wildman–Crippen LogP) is 4.84. The second-order valence-electron chi connectivity index (χ2n) is 8.78. The summed E-state index contributed by atoms with van der Waals surface area (Å²) in [6, 6.07) is 10.4. The minimum Gasteiger partial charge on any atom is -0.506 e. The molecule has 0 bridgehead atoms. The van der Waals surface area contributed by atoms with E-state index in [1.165, 1.54) is 44.7 Å². The van der Waals surface area contributed by atoms with Crippen molar-refractivity contribution >= 4 is 9.84 Å². The summed E-state index contributed by atoms with van der Waals surface area (Å²) in [5.41, 5.74) is 1.26. The highest BCUT2D eigenvalue weighted by molar-refractivity contribution is 7.91. The molecule has 0 radical (unpaired) electrons. The number of halogens is 1. The molecule has 3 heterocycles. The minimum absolute atomic E-state index is 0.0977. The van der Waals surface area contributed by atoms with Crippen molar-refractivity contribution in [3.63, 3.8) is 0 Å². The Labute approximate surface area is 225 Å². The van der Waals surface area contributed by atoms with Gasteiger partial charge in [-0.3, -0.25) is 4.79 Å². The number of ether oxygens (including phenoxy) is 2. The summed E-state index contributed by atoms with van der Waals surface area (Å²) in [7, 11) is -1.71. The van der Waals surface area contributed by atoms with Gasteiger partial charge in [0.15, 0.2) is 9.92 Å². The number of nitrogens with one attached hydrogen (secondary N) is 1. The number of rotatable bonds is 9. The molecular weight excluding hydrogens is 525 g/mol. The Morgan fingerprint density at radius 1 is 1.03 bits per heavy atom. The fraction of sp³-hybridized carbons (Fsp3) is 0.250. The van der Waals surface area contributed by atoms with Crippen LogP contribution in [0.5, 0.6) is 17.2 Å². The highest BCUT2D eigenvalue weighted by Gasteiger charge is 2.32. The van der Waals surface area contributed by atoms with Crippen LogP contribution in [0, 0.1) is 12.9 Å². The van der Waals surface area contributed by atoms with E-state index in [4.69, 9.17) is 9.47 Å². The fourth-order valence-electron chi connectivity index (χ4n) is 4.42. The van der Waals surface area contributed by atoms with E-state index < -0.39 is 37.0 Å². The molecule has 4 aromatic rings. The van der Waals surface area contributed by atoms with Crippen LogP contribution < -0.4 is 15.0 Å². The normalized spacial score (nSPS) is 11.4. The molecule has 11 heteroatoms. The molecule has 0 unspecified atom stereocenters. The Morgan fingerprint density at radius 2 is 1.72 bits per heavy atom. The van der Waals surface area contributed by atoms with Gasteiger partial charge in [-0.2, -0.15) is 4.39 Å². The van der Waals surface area contributed by atoms with E-state index in [2.05, 4.69) is 15.0 Å². The van der Waals surface area contributed by atoms with Gasteiger partial charge >= 0.3 is 0 Å². The number of aromatic hydroxyl groups is 1. The van der Waals surface area contributed by atoms with Crippen molar-refractivity contribution in [3.8, 4) is 39.5 Å². The summed E-state index contributed by atoms with van der Waals surface area (Å²) in [4.78, 5) is 22.8. The lowest BCUT2D eigenvalue weighted by Crippen LogP contribution is -2.21. The van der Waals surface area contributed by atoms with Crippen molar-refractivity contribution in [2.24, 2.45) is 0 Å². The van der Waals surface area contributed by atoms with Crippen molar-refractivity contribution in [1.82, 2.24) is 15.0 Å². The summed E-state index contributed by atoms with van der Waals surface area (Å²) in [6.45, 7) is 3.59. The standard InChI is InChI=1S/C28H28FN3O6S/c1-5-6-8-19-24(25-20(37-3)9-7-10-21(25)38-4)26(33)27(28(34)32-19)39(35,36)23-14-11-17(15-30-23)18-12-13-22(29)31-16(18)2/h7,9-15H,5-6,8H2,1-4H3,(H2,32,33,34). The van der Waals surface area contributed by atoms with Crippen molar-refractivity contribution in [2.45, 2.75) is 43.0 Å². The molecule has 0 aliphatic rings. The van der Waals surface area contributed by atoms with E-state index in [9.17, 15) is 22.7 Å². The summed E-state index contributed by atoms with van der Waals surface area (Å²) >= 11 is 0. The zero-order valence-corrected chi connectivity index (χ0v) is 22.7. The third-order valence-electron chi connectivity index (χ3n) is 6.33. The summed E-state index contributed by atoms with van der Waals surface area (Å²) in [5.74, 6) is -0.716. The summed E-state index contributed by atoms with van der Waals surface area (Å²) in [5, 5.41) is 11.0. The van der Waals surface area contributed by atoms with Gasteiger partial charge in [0.1, 0.15) is 17.2 Å². The van der Waals surface area contributed by atoms with Gasteiger partial charge in [0.25, 0.3) is 5.56 Å². The van der Waals surface area contributed by atoms with Gasteiger partial charge in [0.2, 0.25) is 15.8 Å². The van der Waals surface area contributed by atoms with E-state index in [-0.39, 0.29) is 5.56 Å². The first-order valence-corrected chi connectivity index (χ1v) is 13.7. The van der Waals surface area contributed by atoms with Crippen LogP contribution >= 0.6 is 0 Å². The topological polar surface area (TPSA) is 131 Å². The zero-order valence-electron chi connectivity index (χ0n) is 21.9. The highest BCUT2D eigenvalue weighted by Crippen LogP contribution is 2.46. The summed E-state index contributed by atoms with van der Waals surface area (Å²) in [6.07, 6.45) is 3.13. The number of aryl methyl sites for hydroxylation is 2. The maximum absolute atomic E-state index is 13.7. The van der Waals surface area contributed by atoms with Crippen LogP contribution in [0.4, 0.5) is 4.39 Å². The Morgan fingerprint density at radius 3 is 2.28 bits per heavy atom. The second kappa shape index (κ2) is 11.2. The highest BCUT2D eigenvalue weighted by atomic mass is 32.2. The van der Waals surface area contributed by atoms with Crippen LogP contribution in [-0.2, 0) is 16.3 Å². The second-order valence-corrected chi connectivity index (χ2v) is 10.6. The van der Waals surface area contributed by atoms with Crippen molar-refractivity contribution in [1.29, 1.82) is 0 Å². The average Bonchev–Trinajstić information content (AvgIpc) is 2.91. The largest absolute Gasteiger partial charge is 0.506 e. The first kappa shape index (κ1) is 27.8. The molecule has 0 aliphatic carbocycles. The fourth-order valence-corrected chi connectivity index (χ4v) is 5.72. The van der Waals surface area contributed by atoms with Crippen molar-refractivity contribution in [2.75, 3.05) is 14.2 Å². The SMILES string of the molecule is CCCCc1[nH]c(=O)c(S(=O)(=O)c2ccc(-c3ccc(F)nc3C)cn2)c(O)c1-c1c(OC)cccc1OC. The van der Waals surface area contributed by atoms with E-state index in [1.807, 2.05) is 6.92 Å². The molecule has 9 nitrogen and oxygen atoms in total. The minimum atomic E-state index is -4.59. The number of aromatic nitrogens is 3. The van der Waals surface area contributed by atoms with Gasteiger partial charge in [0.05, 0.1) is 25.3 Å². The van der Waals surface area contributed by atoms with Crippen LogP contribution in [-0.4, -0.2) is 42.7 Å². The number of hydrogen-bond donors (Lipinski definition) is 2. The number of sulfone groups is 1. The third-order valence-corrected chi connectivity index (χ3v) is 8.03. The van der Waals surface area contributed by atoms with Gasteiger partial charge in [-0.05, 0) is 56.2 Å². The zero-order chi connectivity index (χ0) is 28.3. The monoisotopic (exact) mass is 553 g/mol. The van der Waals surface area contributed by atoms with Crippen LogP contribution in [0.1, 0.15) is 31.2 Å². The summed E-state index contributed by atoms with van der Waals surface area (Å²) < 4.78 is 51.8. The number of H-pyrrole nitrogens is 1. The number of pyridine rings is 3. The molecule has 204 valence electrons. The number of aromatic amines is 1. The van der Waals surface area contributed by atoms with E-state index in [0.29, 0.717) is 52.4 Å². The molecule has 1 aromatic carbocycles. The Kier molecular flexibility index (Phi) is 8.01. The van der Waals surface area contributed by atoms with Gasteiger partial charge in [0, 0.05) is 28.7 Å². The lowest BCUT2D eigenvalue weighted by molar-refractivity contribution is 0.395. The number of methoxy groups -OCH3 is 2. The predicted molar refractivity (Wildman–Crippen MR) is 143 cm³/mol. The first-order valence-electron chi connectivity index (χ1n) is 12.2. The number of unbranched alkanes of at least 4 members (excludes halogenated alkanes) is 1. The molecule has 39 heavy (non-hydrogen) atoms. The van der Waals surface area contributed by atoms with E-state index in [0.717, 1.165) is 6.42 Å². The van der Waals surface area contributed by atoms with E-state index in [1.54, 1.807) is 25.1 Å². The lowest BCUT2D eigenvalue weighted by Gasteiger charge is -2.19. The molecule has 0 spiro atoms. The maximum atomic E-state index is 13.7. The van der Waals surface area contributed by atoms with Crippen molar-refractivity contribution < 1.29 is 27.4 Å². The van der Waals surface area contributed by atoms with Crippen LogP contribution in [0.3, 0.4) is 0 Å². The Bertz CT molecular complexity index is 1660. The van der Waals surface area contributed by atoms with Gasteiger partial charge in [-0.25, -0.2) is 18.4 Å².